The van der Waals surface area contributed by atoms with E-state index in [9.17, 15) is 4.79 Å². The molecule has 1 unspecified atom stereocenters. The third-order valence-electron chi connectivity index (χ3n) is 3.75. The molecule has 1 fully saturated rings. The molecule has 1 rings (SSSR count). The molecule has 0 aromatic rings. The summed E-state index contributed by atoms with van der Waals surface area (Å²) in [6, 6.07) is 0.356. The Balaban J connectivity index is 2.64. The van der Waals surface area contributed by atoms with Gasteiger partial charge in [-0.2, -0.15) is 0 Å². The minimum atomic E-state index is -0.667. The molecule has 94 valence electrons. The van der Waals surface area contributed by atoms with E-state index in [1.165, 1.54) is 0 Å². The molecule has 0 aromatic heterocycles. The van der Waals surface area contributed by atoms with Crippen molar-refractivity contribution in [3.05, 3.63) is 0 Å². The summed E-state index contributed by atoms with van der Waals surface area (Å²) < 4.78 is 5.35. The molecular formula is C12H24N2O2. The SMILES string of the molecule is CCC(C)(OC)C(=O)N(C)C1CCNCC1. The van der Waals surface area contributed by atoms with Gasteiger partial charge in [-0.25, -0.2) is 0 Å². The smallest absolute Gasteiger partial charge is 0.254 e. The minimum Gasteiger partial charge on any atom is -0.369 e. The number of piperidine rings is 1. The van der Waals surface area contributed by atoms with Crippen LogP contribution in [0.1, 0.15) is 33.1 Å². The first-order chi connectivity index (χ1) is 7.55. The fraction of sp³-hybridized carbons (Fsp3) is 0.917. The fourth-order valence-electron chi connectivity index (χ4n) is 2.12. The van der Waals surface area contributed by atoms with Crippen LogP contribution in [0.3, 0.4) is 0 Å². The maximum atomic E-state index is 12.3. The van der Waals surface area contributed by atoms with Gasteiger partial charge in [0.1, 0.15) is 5.60 Å². The van der Waals surface area contributed by atoms with Gasteiger partial charge in [-0.1, -0.05) is 6.92 Å². The zero-order chi connectivity index (χ0) is 12.2. The highest BCUT2D eigenvalue weighted by Crippen LogP contribution is 2.20. The first-order valence-electron chi connectivity index (χ1n) is 6.08. The highest BCUT2D eigenvalue weighted by atomic mass is 16.5. The van der Waals surface area contributed by atoms with Crippen LogP contribution in [-0.2, 0) is 9.53 Å². The van der Waals surface area contributed by atoms with Gasteiger partial charge < -0.3 is 15.0 Å². The highest BCUT2D eigenvalue weighted by molar-refractivity contribution is 5.84. The molecule has 1 atom stereocenters. The molecule has 1 aliphatic rings. The van der Waals surface area contributed by atoms with Crippen molar-refractivity contribution in [1.82, 2.24) is 10.2 Å². The molecule has 1 amide bonds. The Morgan fingerprint density at radius 3 is 2.50 bits per heavy atom. The van der Waals surface area contributed by atoms with Crippen molar-refractivity contribution in [1.29, 1.82) is 0 Å². The van der Waals surface area contributed by atoms with Crippen LogP contribution in [0.25, 0.3) is 0 Å². The maximum absolute atomic E-state index is 12.3. The molecule has 1 N–H and O–H groups in total. The average Bonchev–Trinajstić information content (AvgIpc) is 2.37. The van der Waals surface area contributed by atoms with E-state index in [2.05, 4.69) is 5.32 Å². The molecular weight excluding hydrogens is 204 g/mol. The quantitative estimate of drug-likeness (QED) is 0.781. The second kappa shape index (κ2) is 5.64. The second-order valence-electron chi connectivity index (χ2n) is 4.69. The van der Waals surface area contributed by atoms with Crippen molar-refractivity contribution in [3.8, 4) is 0 Å². The summed E-state index contributed by atoms with van der Waals surface area (Å²) in [5, 5.41) is 3.31. The minimum absolute atomic E-state index is 0.101. The topological polar surface area (TPSA) is 41.6 Å². The number of methoxy groups -OCH3 is 1. The van der Waals surface area contributed by atoms with Gasteiger partial charge in [-0.05, 0) is 39.3 Å². The predicted molar refractivity (Wildman–Crippen MR) is 64.4 cm³/mol. The monoisotopic (exact) mass is 228 g/mol. The molecule has 1 saturated heterocycles. The molecule has 0 saturated carbocycles. The second-order valence-corrected chi connectivity index (χ2v) is 4.69. The lowest BCUT2D eigenvalue weighted by Gasteiger charge is -2.37. The van der Waals surface area contributed by atoms with E-state index in [1.54, 1.807) is 7.11 Å². The zero-order valence-corrected chi connectivity index (χ0v) is 10.9. The Kier molecular flexibility index (Phi) is 4.74. The fourth-order valence-corrected chi connectivity index (χ4v) is 2.12. The maximum Gasteiger partial charge on any atom is 0.254 e. The van der Waals surface area contributed by atoms with Gasteiger partial charge in [0.2, 0.25) is 0 Å². The summed E-state index contributed by atoms with van der Waals surface area (Å²) >= 11 is 0. The van der Waals surface area contributed by atoms with Crippen molar-refractivity contribution in [2.75, 3.05) is 27.2 Å². The molecule has 16 heavy (non-hydrogen) atoms. The Hall–Kier alpha value is -0.610. The van der Waals surface area contributed by atoms with E-state index >= 15 is 0 Å². The Morgan fingerprint density at radius 1 is 1.50 bits per heavy atom. The number of rotatable bonds is 4. The molecule has 0 aromatic carbocycles. The highest BCUT2D eigenvalue weighted by Gasteiger charge is 2.36. The van der Waals surface area contributed by atoms with Gasteiger partial charge >= 0.3 is 0 Å². The van der Waals surface area contributed by atoms with Crippen molar-refractivity contribution >= 4 is 5.91 Å². The molecule has 0 spiro atoms. The van der Waals surface area contributed by atoms with Crippen molar-refractivity contribution in [2.24, 2.45) is 0 Å². The molecule has 1 aliphatic heterocycles. The summed E-state index contributed by atoms with van der Waals surface area (Å²) in [5.41, 5.74) is -0.667. The summed E-state index contributed by atoms with van der Waals surface area (Å²) in [6.45, 7) is 5.85. The predicted octanol–water partition coefficient (Wildman–Crippen LogP) is 1.01. The van der Waals surface area contributed by atoms with Crippen LogP contribution in [0.5, 0.6) is 0 Å². The number of ether oxygens (including phenoxy) is 1. The molecule has 0 aliphatic carbocycles. The number of nitrogens with one attached hydrogen (secondary N) is 1. The van der Waals surface area contributed by atoms with Gasteiger partial charge in [0, 0.05) is 20.2 Å². The Bertz CT molecular complexity index is 233. The van der Waals surface area contributed by atoms with E-state index in [0.29, 0.717) is 12.5 Å². The zero-order valence-electron chi connectivity index (χ0n) is 10.9. The van der Waals surface area contributed by atoms with Gasteiger partial charge in [-0.15, -0.1) is 0 Å². The molecule has 0 bridgehead atoms. The van der Waals surface area contributed by atoms with Gasteiger partial charge in [0.25, 0.3) is 5.91 Å². The van der Waals surface area contributed by atoms with Crippen LogP contribution < -0.4 is 5.32 Å². The number of amides is 1. The standard InChI is InChI=1S/C12H24N2O2/c1-5-12(2,16-4)11(15)14(3)10-6-8-13-9-7-10/h10,13H,5-9H2,1-4H3. The van der Waals surface area contributed by atoms with Gasteiger partial charge in [0.05, 0.1) is 0 Å². The number of carbonyl (C=O) groups excluding carboxylic acids is 1. The first-order valence-corrected chi connectivity index (χ1v) is 6.08. The van der Waals surface area contributed by atoms with Gasteiger partial charge in [0.15, 0.2) is 0 Å². The third-order valence-corrected chi connectivity index (χ3v) is 3.75. The van der Waals surface area contributed by atoms with Crippen LogP contribution in [0.15, 0.2) is 0 Å². The number of nitrogens with zero attached hydrogens (tertiary/aromatic N) is 1. The Morgan fingerprint density at radius 2 is 2.06 bits per heavy atom. The third kappa shape index (κ3) is 2.74. The van der Waals surface area contributed by atoms with Crippen molar-refractivity contribution in [3.63, 3.8) is 0 Å². The number of likely N-dealkylation sites (N-methyl/N-ethyl adjacent to an activating group) is 1. The molecule has 4 nitrogen and oxygen atoms in total. The molecule has 4 heteroatoms. The summed E-state index contributed by atoms with van der Waals surface area (Å²) in [7, 11) is 3.50. The average molecular weight is 228 g/mol. The first kappa shape index (κ1) is 13.5. The largest absolute Gasteiger partial charge is 0.369 e. The number of hydrogen-bond donors (Lipinski definition) is 1. The van der Waals surface area contributed by atoms with E-state index < -0.39 is 5.60 Å². The van der Waals surface area contributed by atoms with E-state index in [-0.39, 0.29) is 5.91 Å². The van der Waals surface area contributed by atoms with Gasteiger partial charge in [-0.3, -0.25) is 4.79 Å². The molecule has 1 heterocycles. The van der Waals surface area contributed by atoms with Crippen molar-refractivity contribution < 1.29 is 9.53 Å². The summed E-state index contributed by atoms with van der Waals surface area (Å²) in [6.07, 6.45) is 2.77. The van der Waals surface area contributed by atoms with Crippen LogP contribution >= 0.6 is 0 Å². The van der Waals surface area contributed by atoms with Crippen molar-refractivity contribution in [2.45, 2.75) is 44.8 Å². The van der Waals surface area contributed by atoms with E-state index in [1.807, 2.05) is 25.8 Å². The summed E-state index contributed by atoms with van der Waals surface area (Å²) in [5.74, 6) is 0.101. The van der Waals surface area contributed by atoms with E-state index in [4.69, 9.17) is 4.74 Å². The van der Waals surface area contributed by atoms with E-state index in [0.717, 1.165) is 25.9 Å². The molecule has 0 radical (unpaired) electrons. The normalized spacial score (nSPS) is 21.5. The lowest BCUT2D eigenvalue weighted by molar-refractivity contribution is -0.154. The lowest BCUT2D eigenvalue weighted by atomic mass is 9.98. The van der Waals surface area contributed by atoms with Crippen LogP contribution in [0, 0.1) is 0 Å². The summed E-state index contributed by atoms with van der Waals surface area (Å²) in [4.78, 5) is 14.2. The van der Waals surface area contributed by atoms with Crippen LogP contribution in [0.4, 0.5) is 0 Å². The van der Waals surface area contributed by atoms with Crippen LogP contribution in [0.2, 0.25) is 0 Å². The number of hydrogen-bond acceptors (Lipinski definition) is 3. The van der Waals surface area contributed by atoms with Crippen LogP contribution in [-0.4, -0.2) is 49.7 Å². The Labute approximate surface area is 98.3 Å². The number of carbonyl (C=O) groups is 1. The lowest BCUT2D eigenvalue weighted by Crippen LogP contribution is -2.52.